The van der Waals surface area contributed by atoms with E-state index in [1.165, 1.54) is 6.07 Å². The number of nitrogens with one attached hydrogen (secondary N) is 1. The Balaban J connectivity index is 0.00000162. The molecular weight excluding hydrogens is 324 g/mol. The van der Waals surface area contributed by atoms with Crippen molar-refractivity contribution in [2.45, 2.75) is 25.4 Å². The normalized spacial score (nSPS) is 21.1. The van der Waals surface area contributed by atoms with E-state index in [0.29, 0.717) is 10.9 Å². The number of halogens is 3. The minimum Gasteiger partial charge on any atom is -0.479 e. The van der Waals surface area contributed by atoms with Crippen molar-refractivity contribution in [3.63, 3.8) is 0 Å². The maximum Gasteiger partial charge on any atom is 0.218 e. The van der Waals surface area contributed by atoms with Crippen molar-refractivity contribution in [3.05, 3.63) is 33.5 Å². The van der Waals surface area contributed by atoms with Crippen LogP contribution in [0.5, 0.6) is 0 Å². The highest BCUT2D eigenvalue weighted by molar-refractivity contribution is 9.10. The van der Waals surface area contributed by atoms with E-state index in [1.807, 2.05) is 0 Å². The molecule has 0 amide bonds. The third-order valence-corrected chi connectivity index (χ3v) is 3.43. The second-order valence-electron chi connectivity index (χ2n) is 4.04. The van der Waals surface area contributed by atoms with E-state index in [4.69, 9.17) is 10.1 Å². The first-order valence-electron chi connectivity index (χ1n) is 5.41. The smallest absolute Gasteiger partial charge is 0.218 e. The molecule has 0 saturated carbocycles. The molecular formula is C12H14BrClFNO2. The molecule has 2 N–H and O–H groups in total. The highest BCUT2D eigenvalue weighted by atomic mass is 79.9. The van der Waals surface area contributed by atoms with Crippen molar-refractivity contribution in [2.75, 3.05) is 6.61 Å². The number of aryl methyl sites for hydroxylation is 1. The van der Waals surface area contributed by atoms with Crippen LogP contribution in [-0.2, 0) is 16.8 Å². The van der Waals surface area contributed by atoms with Gasteiger partial charge in [-0.05, 0) is 37.5 Å². The first-order valence-corrected chi connectivity index (χ1v) is 6.21. The topological polar surface area (TPSA) is 53.3 Å². The zero-order chi connectivity index (χ0) is 12.6. The molecule has 1 aliphatic carbocycles. The van der Waals surface area contributed by atoms with Crippen LogP contribution in [0, 0.1) is 11.2 Å². The van der Waals surface area contributed by atoms with Crippen molar-refractivity contribution in [2.24, 2.45) is 0 Å². The number of hydrogen-bond acceptors (Lipinski definition) is 3. The lowest BCUT2D eigenvalue weighted by molar-refractivity contribution is 0.0750. The monoisotopic (exact) mass is 337 g/mol. The summed E-state index contributed by atoms with van der Waals surface area (Å²) >= 11 is 3.21. The number of benzene rings is 1. The summed E-state index contributed by atoms with van der Waals surface area (Å²) < 4.78 is 19.6. The maximum atomic E-state index is 13.9. The van der Waals surface area contributed by atoms with Gasteiger partial charge in [-0.1, -0.05) is 15.9 Å². The van der Waals surface area contributed by atoms with Gasteiger partial charge in [-0.25, -0.2) is 4.39 Å². The van der Waals surface area contributed by atoms with Gasteiger partial charge in [-0.15, -0.1) is 12.4 Å². The van der Waals surface area contributed by atoms with Crippen LogP contribution >= 0.6 is 28.3 Å². The number of ether oxygens (including phenoxy) is 1. The second-order valence-corrected chi connectivity index (χ2v) is 4.96. The van der Waals surface area contributed by atoms with Crippen LogP contribution in [0.1, 0.15) is 24.5 Å². The minimum atomic E-state index is -1.61. The fraction of sp³-hybridized carbons (Fsp3) is 0.417. The first kappa shape index (κ1) is 15.4. The Morgan fingerprint density at radius 2 is 2.28 bits per heavy atom. The average molecular weight is 339 g/mol. The Labute approximate surface area is 119 Å². The lowest BCUT2D eigenvalue weighted by atomic mass is 9.95. The van der Waals surface area contributed by atoms with Crippen molar-refractivity contribution < 1.29 is 14.2 Å². The number of aliphatic hydroxyl groups is 1. The highest BCUT2D eigenvalue weighted by Gasteiger charge is 2.44. The molecule has 1 unspecified atom stereocenters. The van der Waals surface area contributed by atoms with Crippen LogP contribution in [0.4, 0.5) is 4.39 Å². The summed E-state index contributed by atoms with van der Waals surface area (Å²) in [6, 6.07) is 3.07. The van der Waals surface area contributed by atoms with Crippen LogP contribution < -0.4 is 0 Å². The molecule has 6 heteroatoms. The van der Waals surface area contributed by atoms with Gasteiger partial charge in [0.05, 0.1) is 6.61 Å². The third-order valence-electron chi connectivity index (χ3n) is 2.97. The lowest BCUT2D eigenvalue weighted by Gasteiger charge is -2.24. The van der Waals surface area contributed by atoms with Crippen molar-refractivity contribution in [1.82, 2.24) is 0 Å². The first-order chi connectivity index (χ1) is 7.99. The van der Waals surface area contributed by atoms with Gasteiger partial charge in [0.1, 0.15) is 5.82 Å². The summed E-state index contributed by atoms with van der Waals surface area (Å²) in [5, 5.41) is 18.1. The van der Waals surface area contributed by atoms with Gasteiger partial charge in [0.25, 0.3) is 0 Å². The van der Waals surface area contributed by atoms with Crippen LogP contribution in [0.2, 0.25) is 0 Å². The Bertz CT molecular complexity index is 483. The Morgan fingerprint density at radius 3 is 2.89 bits per heavy atom. The highest BCUT2D eigenvalue weighted by Crippen LogP contribution is 2.40. The third kappa shape index (κ3) is 2.39. The molecule has 0 heterocycles. The standard InChI is InChI=1S/C12H13BrFNO2.ClH/c1-2-17-11(15)12(16)4-3-7-5-8(13)6-9(14)10(7)12;/h5-6,15-16H,2-4H2,1H3;1H. The molecule has 1 aliphatic rings. The molecule has 0 aliphatic heterocycles. The van der Waals surface area contributed by atoms with E-state index in [2.05, 4.69) is 15.9 Å². The maximum absolute atomic E-state index is 13.9. The molecule has 1 aromatic carbocycles. The molecule has 0 aromatic heterocycles. The van der Waals surface area contributed by atoms with E-state index in [1.54, 1.807) is 13.0 Å². The largest absolute Gasteiger partial charge is 0.479 e. The summed E-state index contributed by atoms with van der Waals surface area (Å²) in [6.45, 7) is 2.01. The fourth-order valence-corrected chi connectivity index (χ4v) is 2.70. The van der Waals surface area contributed by atoms with Crippen molar-refractivity contribution >= 4 is 34.2 Å². The quantitative estimate of drug-likeness (QED) is 0.643. The second kappa shape index (κ2) is 5.55. The van der Waals surface area contributed by atoms with Crippen LogP contribution in [0.15, 0.2) is 16.6 Å². The SMILES string of the molecule is CCOC(=N)C1(O)CCc2cc(Br)cc(F)c21.Cl. The summed E-state index contributed by atoms with van der Waals surface area (Å²) in [5.74, 6) is -0.779. The van der Waals surface area contributed by atoms with Gasteiger partial charge in [0.15, 0.2) is 5.60 Å². The summed E-state index contributed by atoms with van der Waals surface area (Å²) in [5.41, 5.74) is -0.709. The summed E-state index contributed by atoms with van der Waals surface area (Å²) in [6.07, 6.45) is 0.826. The zero-order valence-electron chi connectivity index (χ0n) is 9.80. The van der Waals surface area contributed by atoms with Crippen LogP contribution in [-0.4, -0.2) is 17.6 Å². The van der Waals surface area contributed by atoms with Crippen LogP contribution in [0.25, 0.3) is 0 Å². The Kier molecular flexibility index (Phi) is 4.75. The molecule has 1 atom stereocenters. The van der Waals surface area contributed by atoms with E-state index in [9.17, 15) is 9.50 Å². The zero-order valence-corrected chi connectivity index (χ0v) is 12.2. The summed E-state index contributed by atoms with van der Waals surface area (Å²) in [7, 11) is 0. The van der Waals surface area contributed by atoms with E-state index < -0.39 is 11.4 Å². The molecule has 2 rings (SSSR count). The molecule has 100 valence electrons. The number of rotatable bonds is 2. The Morgan fingerprint density at radius 1 is 1.61 bits per heavy atom. The molecule has 0 radical (unpaired) electrons. The van der Waals surface area contributed by atoms with Gasteiger partial charge in [0, 0.05) is 10.0 Å². The number of hydrogen-bond donors (Lipinski definition) is 2. The van der Waals surface area contributed by atoms with Gasteiger partial charge in [0.2, 0.25) is 5.90 Å². The van der Waals surface area contributed by atoms with Gasteiger partial charge >= 0.3 is 0 Å². The van der Waals surface area contributed by atoms with Crippen molar-refractivity contribution in [3.8, 4) is 0 Å². The summed E-state index contributed by atoms with van der Waals surface area (Å²) in [4.78, 5) is 0. The van der Waals surface area contributed by atoms with Gasteiger partial charge < -0.3 is 9.84 Å². The molecule has 0 bridgehead atoms. The Hall–Kier alpha value is -0.650. The average Bonchev–Trinajstić information content (AvgIpc) is 2.58. The van der Waals surface area contributed by atoms with E-state index >= 15 is 0 Å². The van der Waals surface area contributed by atoms with E-state index in [0.717, 1.165) is 5.56 Å². The molecule has 1 aromatic rings. The number of fused-ring (bicyclic) bond motifs is 1. The predicted molar refractivity (Wildman–Crippen MR) is 72.9 cm³/mol. The molecule has 3 nitrogen and oxygen atoms in total. The van der Waals surface area contributed by atoms with Crippen molar-refractivity contribution in [1.29, 1.82) is 5.41 Å². The van der Waals surface area contributed by atoms with Gasteiger partial charge in [-0.2, -0.15) is 0 Å². The van der Waals surface area contributed by atoms with Crippen LogP contribution in [0.3, 0.4) is 0 Å². The molecule has 0 spiro atoms. The van der Waals surface area contributed by atoms with E-state index in [-0.39, 0.29) is 36.9 Å². The molecule has 0 saturated heterocycles. The molecule has 0 fully saturated rings. The van der Waals surface area contributed by atoms with Gasteiger partial charge in [-0.3, -0.25) is 5.41 Å². The predicted octanol–water partition coefficient (Wildman–Crippen LogP) is 3.16. The fourth-order valence-electron chi connectivity index (χ4n) is 2.22. The molecule has 18 heavy (non-hydrogen) atoms. The lowest BCUT2D eigenvalue weighted by Crippen LogP contribution is -2.35. The minimum absolute atomic E-state index is 0.